The molecule has 0 aliphatic rings. The van der Waals surface area contributed by atoms with Crippen LogP contribution in [0, 0.1) is 5.82 Å². The van der Waals surface area contributed by atoms with Gasteiger partial charge in [0, 0.05) is 18.8 Å². The Morgan fingerprint density at radius 1 is 1.17 bits per heavy atom. The fourth-order valence-electron chi connectivity index (χ4n) is 2.54. The maximum atomic E-state index is 13.5. The maximum absolute atomic E-state index is 13.5. The summed E-state index contributed by atoms with van der Waals surface area (Å²) in [7, 11) is 0. The molecule has 13 heteroatoms. The molecule has 0 saturated carbocycles. The molecule has 3 aromatic heterocycles. The van der Waals surface area contributed by atoms with Gasteiger partial charge in [-0.1, -0.05) is 5.16 Å². The summed E-state index contributed by atoms with van der Waals surface area (Å²) in [5, 5.41) is 18.1. The van der Waals surface area contributed by atoms with E-state index in [-0.39, 0.29) is 40.5 Å². The first kappa shape index (κ1) is 18.7. The van der Waals surface area contributed by atoms with Crippen molar-refractivity contribution < 1.29 is 13.5 Å². The molecular weight excluding hydrogens is 453 g/mol. The van der Waals surface area contributed by atoms with Crippen LogP contribution in [-0.4, -0.2) is 36.4 Å². The smallest absolute Gasteiger partial charge is 0.363 e. The zero-order valence-electron chi connectivity index (χ0n) is 14.5. The van der Waals surface area contributed by atoms with Gasteiger partial charge in [0.25, 0.3) is 5.56 Å². The average molecular weight is 464 g/mol. The van der Waals surface area contributed by atoms with Gasteiger partial charge in [0.15, 0.2) is 5.69 Å². The predicted molar refractivity (Wildman–Crippen MR) is 100 cm³/mol. The molecule has 11 nitrogen and oxygen atoms in total. The van der Waals surface area contributed by atoms with Gasteiger partial charge in [0.1, 0.15) is 5.82 Å². The molecule has 0 fully saturated rings. The van der Waals surface area contributed by atoms with Crippen molar-refractivity contribution in [2.45, 2.75) is 6.54 Å². The molecule has 0 radical (unpaired) electrons. The number of hydrogen-bond acceptors (Lipinski definition) is 9. The Kier molecular flexibility index (Phi) is 5.03. The quantitative estimate of drug-likeness (QED) is 0.450. The summed E-state index contributed by atoms with van der Waals surface area (Å²) < 4.78 is 25.6. The van der Waals surface area contributed by atoms with Crippen molar-refractivity contribution in [3.63, 3.8) is 0 Å². The zero-order chi connectivity index (χ0) is 20.4. The summed E-state index contributed by atoms with van der Waals surface area (Å²) >= 11 is 3.07. The minimum Gasteiger partial charge on any atom is -0.363 e. The first-order valence-corrected chi connectivity index (χ1v) is 8.97. The van der Waals surface area contributed by atoms with Crippen molar-refractivity contribution >= 4 is 21.7 Å². The lowest BCUT2D eigenvalue weighted by Crippen LogP contribution is -2.25. The highest BCUT2D eigenvalue weighted by atomic mass is 79.9. The largest absolute Gasteiger partial charge is 0.446 e. The SMILES string of the molecule is O=c1cccnn1CCNc1nonc1-c1noc(=O)n1-c1ccc(F)c(Br)c1. The second kappa shape index (κ2) is 7.79. The molecule has 0 spiro atoms. The number of hydrogen-bond donors (Lipinski definition) is 1. The number of anilines is 1. The van der Waals surface area contributed by atoms with Crippen LogP contribution in [-0.2, 0) is 6.54 Å². The first-order chi connectivity index (χ1) is 14.0. The molecule has 0 atom stereocenters. The van der Waals surface area contributed by atoms with Crippen LogP contribution in [0.3, 0.4) is 0 Å². The fraction of sp³-hybridized carbons (Fsp3) is 0.125. The van der Waals surface area contributed by atoms with Crippen LogP contribution < -0.4 is 16.6 Å². The molecule has 0 bridgehead atoms. The Labute approximate surface area is 168 Å². The Morgan fingerprint density at radius 2 is 2.03 bits per heavy atom. The normalized spacial score (nSPS) is 11.0. The van der Waals surface area contributed by atoms with Crippen LogP contribution >= 0.6 is 15.9 Å². The van der Waals surface area contributed by atoms with Crippen molar-refractivity contribution in [2.24, 2.45) is 0 Å². The third kappa shape index (κ3) is 3.71. The lowest BCUT2D eigenvalue weighted by molar-refractivity contribution is 0.309. The summed E-state index contributed by atoms with van der Waals surface area (Å²) in [5.74, 6) is -1.10. The van der Waals surface area contributed by atoms with Crippen LogP contribution in [0.5, 0.6) is 0 Å². The van der Waals surface area contributed by atoms with E-state index < -0.39 is 11.6 Å². The Bertz CT molecular complexity index is 1280. The van der Waals surface area contributed by atoms with Crippen LogP contribution in [0.2, 0.25) is 0 Å². The monoisotopic (exact) mass is 463 g/mol. The highest BCUT2D eigenvalue weighted by molar-refractivity contribution is 9.10. The van der Waals surface area contributed by atoms with Crippen molar-refractivity contribution in [2.75, 3.05) is 11.9 Å². The second-order valence-electron chi connectivity index (χ2n) is 5.68. The summed E-state index contributed by atoms with van der Waals surface area (Å²) in [4.78, 5) is 23.8. The lowest BCUT2D eigenvalue weighted by atomic mass is 10.3. The number of benzene rings is 1. The van der Waals surface area contributed by atoms with Crippen molar-refractivity contribution in [3.8, 4) is 17.2 Å². The van der Waals surface area contributed by atoms with E-state index in [0.717, 1.165) is 4.57 Å². The third-order valence-electron chi connectivity index (χ3n) is 3.87. The van der Waals surface area contributed by atoms with E-state index in [4.69, 9.17) is 9.15 Å². The topological polar surface area (TPSA) is 134 Å². The summed E-state index contributed by atoms with van der Waals surface area (Å²) in [6.07, 6.45) is 1.50. The minimum absolute atomic E-state index is 0.00672. The number of rotatable bonds is 6. The molecule has 0 aliphatic carbocycles. The summed E-state index contributed by atoms with van der Waals surface area (Å²) in [6, 6.07) is 6.91. The highest BCUT2D eigenvalue weighted by Crippen LogP contribution is 2.26. The van der Waals surface area contributed by atoms with Gasteiger partial charge in [-0.2, -0.15) is 5.10 Å². The Morgan fingerprint density at radius 3 is 2.83 bits per heavy atom. The number of nitrogens with zero attached hydrogens (tertiary/aromatic N) is 6. The van der Waals surface area contributed by atoms with Crippen LogP contribution in [0.25, 0.3) is 17.2 Å². The van der Waals surface area contributed by atoms with E-state index in [1.165, 1.54) is 35.1 Å². The van der Waals surface area contributed by atoms with Crippen molar-refractivity contribution in [3.05, 3.63) is 67.7 Å². The van der Waals surface area contributed by atoms with Gasteiger partial charge in [-0.3, -0.25) is 9.32 Å². The van der Waals surface area contributed by atoms with Crippen LogP contribution in [0.4, 0.5) is 10.2 Å². The van der Waals surface area contributed by atoms with Gasteiger partial charge >= 0.3 is 5.76 Å². The molecule has 0 aliphatic heterocycles. The highest BCUT2D eigenvalue weighted by Gasteiger charge is 2.23. The Balaban J connectivity index is 1.62. The average Bonchev–Trinajstić information content (AvgIpc) is 3.32. The predicted octanol–water partition coefficient (Wildman–Crippen LogP) is 1.45. The molecule has 4 aromatic rings. The lowest BCUT2D eigenvalue weighted by Gasteiger charge is -2.06. The van der Waals surface area contributed by atoms with E-state index in [1.807, 2.05) is 0 Å². The van der Waals surface area contributed by atoms with Gasteiger partial charge in [-0.25, -0.2) is 23.1 Å². The summed E-state index contributed by atoms with van der Waals surface area (Å²) in [6.45, 7) is 0.519. The minimum atomic E-state index is -0.799. The maximum Gasteiger partial charge on any atom is 0.446 e. The van der Waals surface area contributed by atoms with Gasteiger partial charge in [-0.15, -0.1) is 0 Å². The third-order valence-corrected chi connectivity index (χ3v) is 4.48. The number of halogens is 2. The summed E-state index contributed by atoms with van der Waals surface area (Å²) in [5.41, 5.74) is 0.151. The van der Waals surface area contributed by atoms with E-state index >= 15 is 0 Å². The molecule has 0 amide bonds. The molecular formula is C16H11BrFN7O4. The van der Waals surface area contributed by atoms with Gasteiger partial charge < -0.3 is 5.32 Å². The number of aromatic nitrogens is 6. The molecule has 4 rings (SSSR count). The van der Waals surface area contributed by atoms with Gasteiger partial charge in [-0.05, 0) is 50.5 Å². The first-order valence-electron chi connectivity index (χ1n) is 8.17. The van der Waals surface area contributed by atoms with E-state index in [1.54, 1.807) is 6.07 Å². The van der Waals surface area contributed by atoms with E-state index in [0.29, 0.717) is 5.69 Å². The van der Waals surface area contributed by atoms with Crippen molar-refractivity contribution in [1.29, 1.82) is 0 Å². The van der Waals surface area contributed by atoms with Gasteiger partial charge in [0.2, 0.25) is 11.6 Å². The van der Waals surface area contributed by atoms with Gasteiger partial charge in [0.05, 0.1) is 16.7 Å². The fourth-order valence-corrected chi connectivity index (χ4v) is 2.90. The standard InChI is InChI=1S/C16H11BrFN7O4/c17-10-8-9(3-4-11(10)18)25-15(23-28-16(25)27)13-14(22-29-21-13)19-6-7-24-12(26)2-1-5-20-24/h1-5,8H,6-7H2,(H,19,22). The molecule has 0 unspecified atom stereocenters. The molecule has 0 saturated heterocycles. The molecule has 1 N–H and O–H groups in total. The molecule has 148 valence electrons. The van der Waals surface area contributed by atoms with E-state index in [9.17, 15) is 14.0 Å². The molecule has 3 heterocycles. The van der Waals surface area contributed by atoms with Crippen LogP contribution in [0.15, 0.2) is 59.7 Å². The van der Waals surface area contributed by atoms with E-state index in [2.05, 4.69) is 41.8 Å². The van der Waals surface area contributed by atoms with Crippen LogP contribution in [0.1, 0.15) is 0 Å². The molecule has 1 aromatic carbocycles. The second-order valence-corrected chi connectivity index (χ2v) is 6.53. The number of nitrogens with one attached hydrogen (secondary N) is 1. The van der Waals surface area contributed by atoms with Crippen molar-refractivity contribution in [1.82, 2.24) is 29.8 Å². The Hall–Kier alpha value is -3.61. The molecule has 29 heavy (non-hydrogen) atoms. The zero-order valence-corrected chi connectivity index (χ0v) is 16.0.